The van der Waals surface area contributed by atoms with Crippen LogP contribution in [0.15, 0.2) is 17.0 Å². The number of nitriles is 1. The number of benzene rings is 1. The number of nitrogens with zero attached hydrogens (tertiary/aromatic N) is 2. The number of rotatable bonds is 8. The summed E-state index contributed by atoms with van der Waals surface area (Å²) in [4.78, 5) is 14.4. The molecule has 9 nitrogen and oxygen atoms in total. The van der Waals surface area contributed by atoms with Crippen molar-refractivity contribution in [2.24, 2.45) is 0 Å². The van der Waals surface area contributed by atoms with E-state index in [0.29, 0.717) is 57.7 Å². The number of carbonyl (C=O) groups excluding carboxylic acids is 1. The Morgan fingerprint density at radius 2 is 2.19 bits per heavy atom. The standard InChI is InChI=1S/C20H24ClFN4O5S/c21-17-7-16(6-13(9-23)18(17)24-3-1-4-26-10-14(22)11-26)32(28,29)25-19(27)20-8-15(30-12-20)2-5-31-20/h6-7,14-15,24H,1-5,8,10-12H2,(H,25,27)/t15-,20+/m0/s1. The summed E-state index contributed by atoms with van der Waals surface area (Å²) >= 11 is 6.27. The predicted molar refractivity (Wildman–Crippen MR) is 114 cm³/mol. The van der Waals surface area contributed by atoms with Crippen molar-refractivity contribution in [3.8, 4) is 6.07 Å². The molecule has 0 saturated carbocycles. The van der Waals surface area contributed by atoms with Crippen molar-refractivity contribution in [3.05, 3.63) is 22.7 Å². The van der Waals surface area contributed by atoms with Gasteiger partial charge in [-0.1, -0.05) is 11.6 Å². The first kappa shape index (κ1) is 23.2. The zero-order valence-corrected chi connectivity index (χ0v) is 18.8. The molecule has 4 rings (SSSR count). The summed E-state index contributed by atoms with van der Waals surface area (Å²) in [6, 6.07) is 4.30. The largest absolute Gasteiger partial charge is 0.383 e. The number of hydrogen-bond donors (Lipinski definition) is 2. The van der Waals surface area contributed by atoms with Gasteiger partial charge in [-0.25, -0.2) is 17.5 Å². The van der Waals surface area contributed by atoms with Crippen molar-refractivity contribution < 1.29 is 27.1 Å². The van der Waals surface area contributed by atoms with E-state index in [2.05, 4.69) is 5.32 Å². The Bertz CT molecular complexity index is 1040. The van der Waals surface area contributed by atoms with Gasteiger partial charge in [0.25, 0.3) is 15.9 Å². The van der Waals surface area contributed by atoms with E-state index in [1.807, 2.05) is 15.7 Å². The number of sulfonamides is 1. The quantitative estimate of drug-likeness (QED) is 0.529. The van der Waals surface area contributed by atoms with Crippen molar-refractivity contribution in [3.63, 3.8) is 0 Å². The van der Waals surface area contributed by atoms with Gasteiger partial charge >= 0.3 is 0 Å². The first-order valence-electron chi connectivity index (χ1n) is 10.4. The number of carbonyl (C=O) groups is 1. The van der Waals surface area contributed by atoms with Crippen LogP contribution < -0.4 is 10.0 Å². The molecule has 3 fully saturated rings. The lowest BCUT2D eigenvalue weighted by Crippen LogP contribution is -2.52. The number of halogens is 2. The minimum atomic E-state index is -4.29. The maximum atomic E-state index is 12.9. The monoisotopic (exact) mass is 486 g/mol. The van der Waals surface area contributed by atoms with E-state index in [1.54, 1.807) is 0 Å². The average molecular weight is 487 g/mol. The summed E-state index contributed by atoms with van der Waals surface area (Å²) in [5, 5.41) is 12.6. The van der Waals surface area contributed by atoms with E-state index in [9.17, 15) is 22.9 Å². The molecule has 2 bridgehead atoms. The summed E-state index contributed by atoms with van der Waals surface area (Å²) in [6.45, 7) is 2.36. The number of ether oxygens (including phenoxy) is 2. The fraction of sp³-hybridized carbons (Fsp3) is 0.600. The maximum absolute atomic E-state index is 12.9. The van der Waals surface area contributed by atoms with E-state index in [-0.39, 0.29) is 28.2 Å². The molecule has 174 valence electrons. The van der Waals surface area contributed by atoms with Gasteiger partial charge in [-0.2, -0.15) is 5.26 Å². The summed E-state index contributed by atoms with van der Waals surface area (Å²) in [5.74, 6) is -0.793. The molecule has 1 amide bonds. The van der Waals surface area contributed by atoms with E-state index in [0.717, 1.165) is 0 Å². The Morgan fingerprint density at radius 1 is 1.41 bits per heavy atom. The molecule has 3 saturated heterocycles. The highest BCUT2D eigenvalue weighted by atomic mass is 35.5. The number of likely N-dealkylation sites (tertiary alicyclic amines) is 1. The number of fused-ring (bicyclic) bond motifs is 2. The molecule has 0 radical (unpaired) electrons. The van der Waals surface area contributed by atoms with Crippen LogP contribution in [-0.2, 0) is 24.3 Å². The first-order chi connectivity index (χ1) is 15.2. The molecule has 0 aromatic heterocycles. The second kappa shape index (κ2) is 9.11. The lowest BCUT2D eigenvalue weighted by atomic mass is 9.95. The second-order valence-corrected chi connectivity index (χ2v) is 10.4. The van der Waals surface area contributed by atoms with E-state index in [1.165, 1.54) is 12.1 Å². The van der Waals surface area contributed by atoms with Crippen LogP contribution in [0.1, 0.15) is 24.8 Å². The molecule has 32 heavy (non-hydrogen) atoms. The molecular weight excluding hydrogens is 463 g/mol. The third-order valence-corrected chi connectivity index (χ3v) is 7.54. The average Bonchev–Trinajstić information content (AvgIpc) is 3.04. The number of amides is 1. The Hall–Kier alpha value is -1.97. The van der Waals surface area contributed by atoms with Gasteiger partial charge in [0.2, 0.25) is 0 Å². The van der Waals surface area contributed by atoms with Gasteiger partial charge in [0, 0.05) is 32.6 Å². The lowest BCUT2D eigenvalue weighted by molar-refractivity contribution is -0.146. The Morgan fingerprint density at radius 3 is 2.91 bits per heavy atom. The fourth-order valence-electron chi connectivity index (χ4n) is 4.12. The zero-order valence-electron chi connectivity index (χ0n) is 17.3. The first-order valence-corrected chi connectivity index (χ1v) is 12.3. The van der Waals surface area contributed by atoms with E-state index < -0.39 is 27.7 Å². The van der Waals surface area contributed by atoms with Crippen LogP contribution in [0.25, 0.3) is 0 Å². The normalized spacial score (nSPS) is 25.7. The molecule has 0 spiro atoms. The molecule has 0 aliphatic carbocycles. The van der Waals surface area contributed by atoms with Gasteiger partial charge in [-0.15, -0.1) is 0 Å². The van der Waals surface area contributed by atoms with Gasteiger partial charge < -0.3 is 14.8 Å². The van der Waals surface area contributed by atoms with Crippen LogP contribution in [0.2, 0.25) is 5.02 Å². The molecular formula is C20H24ClFN4O5S. The third kappa shape index (κ3) is 4.70. The fourth-order valence-corrected chi connectivity index (χ4v) is 5.56. The van der Waals surface area contributed by atoms with Crippen molar-refractivity contribution in [1.82, 2.24) is 9.62 Å². The summed E-state index contributed by atoms with van der Waals surface area (Å²) in [6.07, 6.45) is 0.775. The van der Waals surface area contributed by atoms with Gasteiger partial charge in [-0.3, -0.25) is 9.69 Å². The summed E-state index contributed by atoms with van der Waals surface area (Å²) in [7, 11) is -4.29. The van der Waals surface area contributed by atoms with Crippen LogP contribution >= 0.6 is 11.6 Å². The van der Waals surface area contributed by atoms with E-state index >= 15 is 0 Å². The highest BCUT2D eigenvalue weighted by Gasteiger charge is 2.51. The van der Waals surface area contributed by atoms with Gasteiger partial charge in [0.05, 0.1) is 40.5 Å². The maximum Gasteiger partial charge on any atom is 0.268 e. The van der Waals surface area contributed by atoms with Crippen molar-refractivity contribution in [1.29, 1.82) is 5.26 Å². The number of anilines is 1. The van der Waals surface area contributed by atoms with Gasteiger partial charge in [0.15, 0.2) is 5.60 Å². The Kier molecular flexibility index (Phi) is 6.61. The van der Waals surface area contributed by atoms with Crippen LogP contribution in [0.4, 0.5) is 10.1 Å². The number of alkyl halides is 1. The van der Waals surface area contributed by atoms with Crippen molar-refractivity contribution in [2.75, 3.05) is 44.7 Å². The smallest absolute Gasteiger partial charge is 0.268 e. The number of nitrogens with one attached hydrogen (secondary N) is 2. The topological polar surface area (TPSA) is 121 Å². The Balaban J connectivity index is 1.43. The molecule has 1 aromatic rings. The van der Waals surface area contributed by atoms with E-state index in [4.69, 9.17) is 21.1 Å². The SMILES string of the molecule is N#Cc1cc(S(=O)(=O)NC(=O)[C@@]23CO[C@@H](CCO2)C3)cc(Cl)c1NCCCN1CC(F)C1. The van der Waals surface area contributed by atoms with Crippen LogP contribution in [0.5, 0.6) is 0 Å². The summed E-state index contributed by atoms with van der Waals surface area (Å²) in [5.41, 5.74) is -0.972. The molecule has 3 aliphatic heterocycles. The lowest BCUT2D eigenvalue weighted by Gasteiger charge is -2.34. The molecule has 3 aliphatic rings. The Labute approximate surface area is 190 Å². The minimum absolute atomic E-state index is 0.00447. The zero-order chi connectivity index (χ0) is 22.9. The molecule has 2 N–H and O–H groups in total. The predicted octanol–water partition coefficient (Wildman–Crippen LogP) is 1.42. The molecule has 1 aromatic carbocycles. The molecule has 0 unspecified atom stereocenters. The molecule has 3 heterocycles. The van der Waals surface area contributed by atoms with Crippen LogP contribution in [0.3, 0.4) is 0 Å². The van der Waals surface area contributed by atoms with Crippen molar-refractivity contribution in [2.45, 2.75) is 42.0 Å². The third-order valence-electron chi connectivity index (χ3n) is 5.93. The minimum Gasteiger partial charge on any atom is -0.383 e. The number of hydrogen-bond acceptors (Lipinski definition) is 8. The highest BCUT2D eigenvalue weighted by Crippen LogP contribution is 2.35. The van der Waals surface area contributed by atoms with Crippen molar-refractivity contribution >= 4 is 33.2 Å². The molecule has 12 heteroatoms. The second-order valence-electron chi connectivity index (χ2n) is 8.28. The van der Waals surface area contributed by atoms with Crippen LogP contribution in [0, 0.1) is 11.3 Å². The molecule has 2 atom stereocenters. The van der Waals surface area contributed by atoms with Gasteiger partial charge in [0.1, 0.15) is 12.2 Å². The summed E-state index contributed by atoms with van der Waals surface area (Å²) < 4.78 is 51.6. The highest BCUT2D eigenvalue weighted by molar-refractivity contribution is 7.90. The van der Waals surface area contributed by atoms with Crippen LogP contribution in [-0.4, -0.2) is 76.5 Å². The van der Waals surface area contributed by atoms with Gasteiger partial charge in [-0.05, 0) is 25.0 Å².